The van der Waals surface area contributed by atoms with Crippen molar-refractivity contribution in [3.05, 3.63) is 66.1 Å². The molecule has 1 atom stereocenters. The third-order valence-corrected chi connectivity index (χ3v) is 6.85. The van der Waals surface area contributed by atoms with Gasteiger partial charge in [-0.25, -0.2) is 0 Å². The number of benzene rings is 1. The van der Waals surface area contributed by atoms with Gasteiger partial charge in [0.1, 0.15) is 0 Å². The molecule has 5 heteroatoms. The van der Waals surface area contributed by atoms with Gasteiger partial charge < -0.3 is 9.88 Å². The van der Waals surface area contributed by atoms with Crippen LogP contribution < -0.4 is 5.32 Å². The predicted molar refractivity (Wildman–Crippen MR) is 135 cm³/mol. The van der Waals surface area contributed by atoms with E-state index in [1.807, 2.05) is 45.2 Å². The Morgan fingerprint density at radius 1 is 1.09 bits per heavy atom. The fourth-order valence-electron chi connectivity index (χ4n) is 4.87. The molecular weight excluding hydrogens is 408 g/mol. The van der Waals surface area contributed by atoms with Crippen molar-refractivity contribution in [2.24, 2.45) is 11.3 Å². The zero-order chi connectivity index (χ0) is 23.6. The summed E-state index contributed by atoms with van der Waals surface area (Å²) < 4.78 is 2.39. The average molecular weight is 447 g/mol. The summed E-state index contributed by atoms with van der Waals surface area (Å²) >= 11 is 0. The van der Waals surface area contributed by atoms with Crippen molar-refractivity contribution in [1.29, 1.82) is 0 Å². The number of amides is 1. The molecule has 33 heavy (non-hydrogen) atoms. The van der Waals surface area contributed by atoms with Gasteiger partial charge in [0.05, 0.1) is 11.7 Å². The van der Waals surface area contributed by atoms with Crippen LogP contribution in [0.3, 0.4) is 0 Å². The molecule has 1 saturated heterocycles. The van der Waals surface area contributed by atoms with Gasteiger partial charge in [0.2, 0.25) is 5.91 Å². The van der Waals surface area contributed by atoms with E-state index < -0.39 is 5.41 Å². The van der Waals surface area contributed by atoms with Crippen LogP contribution in [0, 0.1) is 11.3 Å². The second-order valence-corrected chi connectivity index (χ2v) is 10.7. The third kappa shape index (κ3) is 5.30. The first kappa shape index (κ1) is 23.5. The van der Waals surface area contributed by atoms with E-state index in [-0.39, 0.29) is 11.9 Å². The molecular formula is C28H38N4O. The second-order valence-electron chi connectivity index (χ2n) is 10.7. The minimum Gasteiger partial charge on any atom is -0.347 e. The Morgan fingerprint density at radius 3 is 2.42 bits per heavy atom. The lowest BCUT2D eigenvalue weighted by atomic mass is 9.85. The van der Waals surface area contributed by atoms with E-state index in [4.69, 9.17) is 0 Å². The molecule has 0 saturated carbocycles. The minimum atomic E-state index is -0.418. The van der Waals surface area contributed by atoms with E-state index in [0.29, 0.717) is 12.0 Å². The molecule has 4 rings (SSSR count). The second kappa shape index (κ2) is 9.68. The number of hydrogen-bond acceptors (Lipinski definition) is 3. The molecule has 1 aliphatic rings. The number of nitrogens with zero attached hydrogens (tertiary/aromatic N) is 3. The fraction of sp³-hybridized carbons (Fsp3) is 0.500. The standard InChI is InChI=1S/C28H38N4O/c1-20(2)32-19-22(23-10-6-7-12-25(23)32)18-31-16-13-21(14-17-31)26(24-11-8-9-15-29-24)30-27(33)28(3,4)5/h6-12,15,19-21,26H,13-14,16-18H2,1-5H3,(H,30,33)/t26-/m1/s1. The van der Waals surface area contributed by atoms with Gasteiger partial charge in [0, 0.05) is 41.3 Å². The molecule has 0 radical (unpaired) electrons. The number of piperidine rings is 1. The fourth-order valence-corrected chi connectivity index (χ4v) is 4.87. The van der Waals surface area contributed by atoms with E-state index in [1.54, 1.807) is 0 Å². The molecule has 1 amide bonds. The van der Waals surface area contributed by atoms with Crippen LogP contribution in [0.25, 0.3) is 10.9 Å². The maximum absolute atomic E-state index is 12.8. The molecule has 0 spiro atoms. The van der Waals surface area contributed by atoms with Crippen molar-refractivity contribution in [2.45, 2.75) is 66.1 Å². The van der Waals surface area contributed by atoms with Crippen molar-refractivity contribution in [3.8, 4) is 0 Å². The number of rotatable bonds is 6. The lowest BCUT2D eigenvalue weighted by Crippen LogP contribution is -2.44. The van der Waals surface area contributed by atoms with Gasteiger partial charge >= 0.3 is 0 Å². The normalized spacial score (nSPS) is 16.9. The Bertz CT molecular complexity index is 1070. The van der Waals surface area contributed by atoms with E-state index in [2.05, 4.69) is 64.1 Å². The number of fused-ring (bicyclic) bond motifs is 1. The highest BCUT2D eigenvalue weighted by Gasteiger charge is 2.32. The van der Waals surface area contributed by atoms with Crippen LogP contribution in [0.5, 0.6) is 0 Å². The average Bonchev–Trinajstić information content (AvgIpc) is 3.17. The number of pyridine rings is 1. The summed E-state index contributed by atoms with van der Waals surface area (Å²) in [4.78, 5) is 20.0. The van der Waals surface area contributed by atoms with Gasteiger partial charge in [0.15, 0.2) is 0 Å². The number of aromatic nitrogens is 2. The van der Waals surface area contributed by atoms with E-state index >= 15 is 0 Å². The summed E-state index contributed by atoms with van der Waals surface area (Å²) in [5, 5.41) is 4.68. The van der Waals surface area contributed by atoms with Crippen molar-refractivity contribution >= 4 is 16.8 Å². The summed E-state index contributed by atoms with van der Waals surface area (Å²) in [6.07, 6.45) is 6.26. The van der Waals surface area contributed by atoms with Crippen LogP contribution in [-0.4, -0.2) is 33.4 Å². The Balaban J connectivity index is 1.47. The number of carbonyl (C=O) groups excluding carboxylic acids is 1. The Morgan fingerprint density at radius 2 is 1.79 bits per heavy atom. The molecule has 3 heterocycles. The van der Waals surface area contributed by atoms with Crippen LogP contribution in [0.15, 0.2) is 54.9 Å². The molecule has 1 aromatic carbocycles. The molecule has 0 bridgehead atoms. The van der Waals surface area contributed by atoms with Gasteiger partial charge in [0.25, 0.3) is 0 Å². The van der Waals surface area contributed by atoms with Crippen molar-refractivity contribution < 1.29 is 4.79 Å². The van der Waals surface area contributed by atoms with Crippen LogP contribution in [-0.2, 0) is 11.3 Å². The molecule has 1 fully saturated rings. The minimum absolute atomic E-state index is 0.0390. The van der Waals surface area contributed by atoms with Crippen LogP contribution in [0.2, 0.25) is 0 Å². The van der Waals surface area contributed by atoms with E-state index in [9.17, 15) is 4.79 Å². The first-order valence-electron chi connectivity index (χ1n) is 12.3. The zero-order valence-electron chi connectivity index (χ0n) is 20.7. The quantitative estimate of drug-likeness (QED) is 0.526. The Labute approximate surface area is 198 Å². The third-order valence-electron chi connectivity index (χ3n) is 6.85. The number of likely N-dealkylation sites (tertiary alicyclic amines) is 1. The SMILES string of the molecule is CC(C)n1cc(CN2CCC([C@@H](NC(=O)C(C)(C)C)c3ccccn3)CC2)c2ccccc21. The first-order valence-corrected chi connectivity index (χ1v) is 12.3. The smallest absolute Gasteiger partial charge is 0.225 e. The maximum Gasteiger partial charge on any atom is 0.225 e. The largest absolute Gasteiger partial charge is 0.347 e. The van der Waals surface area contributed by atoms with Gasteiger partial charge in [-0.15, -0.1) is 0 Å². The van der Waals surface area contributed by atoms with Gasteiger partial charge in [-0.1, -0.05) is 45.0 Å². The highest BCUT2D eigenvalue weighted by atomic mass is 16.2. The highest BCUT2D eigenvalue weighted by Crippen LogP contribution is 2.33. The monoisotopic (exact) mass is 446 g/mol. The number of para-hydroxylation sites is 1. The molecule has 176 valence electrons. The summed E-state index contributed by atoms with van der Waals surface area (Å²) in [5.74, 6) is 0.474. The molecule has 0 unspecified atom stereocenters. The van der Waals surface area contributed by atoms with Crippen molar-refractivity contribution in [3.63, 3.8) is 0 Å². The van der Waals surface area contributed by atoms with Gasteiger partial charge in [-0.05, 0) is 69.5 Å². The van der Waals surface area contributed by atoms with E-state index in [1.165, 1.54) is 16.5 Å². The number of hydrogen-bond donors (Lipinski definition) is 1. The van der Waals surface area contributed by atoms with Gasteiger partial charge in [-0.2, -0.15) is 0 Å². The van der Waals surface area contributed by atoms with Crippen molar-refractivity contribution in [2.75, 3.05) is 13.1 Å². The zero-order valence-corrected chi connectivity index (χ0v) is 20.7. The first-order chi connectivity index (χ1) is 15.7. The predicted octanol–water partition coefficient (Wildman–Crippen LogP) is 5.73. The summed E-state index contributed by atoms with van der Waals surface area (Å²) in [6.45, 7) is 13.4. The van der Waals surface area contributed by atoms with Gasteiger partial charge in [-0.3, -0.25) is 14.7 Å². The Hall–Kier alpha value is -2.66. The molecule has 1 aliphatic heterocycles. The number of nitrogens with one attached hydrogen (secondary N) is 1. The molecule has 1 N–H and O–H groups in total. The molecule has 5 nitrogen and oxygen atoms in total. The summed E-state index contributed by atoms with van der Waals surface area (Å²) in [5.41, 5.74) is 3.27. The summed E-state index contributed by atoms with van der Waals surface area (Å²) in [6, 6.07) is 15.1. The van der Waals surface area contributed by atoms with Crippen LogP contribution >= 0.6 is 0 Å². The summed E-state index contributed by atoms with van der Waals surface area (Å²) in [7, 11) is 0. The van der Waals surface area contributed by atoms with E-state index in [0.717, 1.165) is 38.2 Å². The van der Waals surface area contributed by atoms with Crippen LogP contribution in [0.1, 0.15) is 70.8 Å². The molecule has 0 aliphatic carbocycles. The Kier molecular flexibility index (Phi) is 6.89. The lowest BCUT2D eigenvalue weighted by Gasteiger charge is -2.37. The highest BCUT2D eigenvalue weighted by molar-refractivity contribution is 5.84. The lowest BCUT2D eigenvalue weighted by molar-refractivity contribution is -0.129. The topological polar surface area (TPSA) is 50.2 Å². The maximum atomic E-state index is 12.8. The molecule has 3 aromatic rings. The number of carbonyl (C=O) groups is 1. The van der Waals surface area contributed by atoms with Crippen molar-refractivity contribution in [1.82, 2.24) is 19.8 Å². The molecule has 2 aromatic heterocycles. The van der Waals surface area contributed by atoms with Crippen LogP contribution in [0.4, 0.5) is 0 Å².